The van der Waals surface area contributed by atoms with E-state index in [1.165, 1.54) is 12.3 Å². The molecule has 9 nitrogen and oxygen atoms in total. The summed E-state index contributed by atoms with van der Waals surface area (Å²) in [5.41, 5.74) is -0.333. The Hall–Kier alpha value is -4.35. The summed E-state index contributed by atoms with van der Waals surface area (Å²) in [7, 11) is 0. The van der Waals surface area contributed by atoms with Crippen LogP contribution in [-0.4, -0.2) is 57.5 Å². The number of hydrogen-bond acceptors (Lipinski definition) is 8. The number of nitrogens with one attached hydrogen (secondary N) is 3. The standard InChI is InChI=1S/C30H26N4O5S2/c1-2-39-28(38)30(17-41-26-22(30)25(36)23-20(24(26)35)14-9-15-31-23)34-27(37)21(16-18-10-5-3-6-11-18)33-29(40)32-19-12-7-4-8-13-19/h3-15,21H,2,16-17H2,1H3,(H,34,37)(H2,32,33,40)/t21-,30-/m0/s1. The number of carbonyl (C=O) groups excluding carboxylic acids is 4. The SMILES string of the molecule is CCOC(=O)[C@]1(NC(=O)[C@H](Cc2ccccc2)NC(=S)Nc2ccccc2)CSC2=C1C(=O)c1ncccc1C2=O. The lowest BCUT2D eigenvalue weighted by Gasteiger charge is -2.32. The molecule has 2 aromatic carbocycles. The van der Waals surface area contributed by atoms with Crippen LogP contribution >= 0.6 is 24.0 Å². The predicted molar refractivity (Wildman–Crippen MR) is 160 cm³/mol. The lowest BCUT2D eigenvalue weighted by Crippen LogP contribution is -2.63. The van der Waals surface area contributed by atoms with Crippen molar-refractivity contribution >= 4 is 58.2 Å². The molecule has 1 aromatic heterocycles. The second kappa shape index (κ2) is 12.0. The highest BCUT2D eigenvalue weighted by molar-refractivity contribution is 8.04. The maximum absolute atomic E-state index is 14.0. The number of thiocarbonyl (C=S) groups is 1. The van der Waals surface area contributed by atoms with E-state index < -0.39 is 35.0 Å². The van der Waals surface area contributed by atoms with Gasteiger partial charge in [0.05, 0.1) is 22.6 Å². The van der Waals surface area contributed by atoms with Crippen LogP contribution in [0, 0.1) is 0 Å². The topological polar surface area (TPSA) is 126 Å². The normalized spacial score (nSPS) is 18.2. The Balaban J connectivity index is 1.49. The number of benzene rings is 2. The van der Waals surface area contributed by atoms with E-state index in [-0.39, 0.29) is 45.6 Å². The van der Waals surface area contributed by atoms with Gasteiger partial charge in [-0.1, -0.05) is 48.5 Å². The molecule has 0 spiro atoms. The average molecular weight is 587 g/mol. The first-order valence-electron chi connectivity index (χ1n) is 12.9. The van der Waals surface area contributed by atoms with E-state index in [0.717, 1.165) is 23.0 Å². The molecule has 0 saturated heterocycles. The Morgan fingerprint density at radius 3 is 2.44 bits per heavy atom. The van der Waals surface area contributed by atoms with Crippen LogP contribution in [0.15, 0.2) is 89.5 Å². The van der Waals surface area contributed by atoms with Crippen molar-refractivity contribution in [3.63, 3.8) is 0 Å². The number of esters is 1. The number of nitrogens with zero attached hydrogens (tertiary/aromatic N) is 1. The average Bonchev–Trinajstić information content (AvgIpc) is 3.37. The van der Waals surface area contributed by atoms with Crippen molar-refractivity contribution < 1.29 is 23.9 Å². The first-order valence-corrected chi connectivity index (χ1v) is 14.3. The number of allylic oxidation sites excluding steroid dienone is 1. The second-order valence-corrected chi connectivity index (χ2v) is 10.8. The maximum Gasteiger partial charge on any atom is 0.337 e. The van der Waals surface area contributed by atoms with Crippen molar-refractivity contribution in [1.29, 1.82) is 0 Å². The third-order valence-electron chi connectivity index (χ3n) is 6.68. The summed E-state index contributed by atoms with van der Waals surface area (Å²) < 4.78 is 5.37. The Labute approximate surface area is 246 Å². The zero-order valence-electron chi connectivity index (χ0n) is 22.0. The molecule has 0 bridgehead atoms. The van der Waals surface area contributed by atoms with Crippen molar-refractivity contribution in [2.75, 3.05) is 17.7 Å². The molecule has 1 aliphatic heterocycles. The third kappa shape index (κ3) is 5.63. The van der Waals surface area contributed by atoms with Crippen molar-refractivity contribution in [1.82, 2.24) is 15.6 Å². The van der Waals surface area contributed by atoms with Gasteiger partial charge in [0.25, 0.3) is 0 Å². The van der Waals surface area contributed by atoms with Gasteiger partial charge < -0.3 is 20.7 Å². The van der Waals surface area contributed by atoms with Gasteiger partial charge in [0.2, 0.25) is 17.5 Å². The van der Waals surface area contributed by atoms with Crippen molar-refractivity contribution in [3.05, 3.63) is 106 Å². The zero-order valence-corrected chi connectivity index (χ0v) is 23.6. The number of fused-ring (bicyclic) bond motifs is 1. The van der Waals surface area contributed by atoms with E-state index in [2.05, 4.69) is 20.9 Å². The van der Waals surface area contributed by atoms with Crippen molar-refractivity contribution in [2.24, 2.45) is 0 Å². The lowest BCUT2D eigenvalue weighted by atomic mass is 9.81. The quantitative estimate of drug-likeness (QED) is 0.267. The number of Topliss-reactive ketones (excluding diaryl/α,β-unsaturated/α-hetero) is 2. The molecule has 0 saturated carbocycles. The van der Waals surface area contributed by atoms with Crippen LogP contribution in [-0.2, 0) is 20.7 Å². The number of anilines is 1. The smallest absolute Gasteiger partial charge is 0.337 e. The van der Waals surface area contributed by atoms with Crippen LogP contribution in [0.2, 0.25) is 0 Å². The molecular formula is C30H26N4O5S2. The summed E-state index contributed by atoms with van der Waals surface area (Å²) in [5, 5.41) is 9.11. The largest absolute Gasteiger partial charge is 0.464 e. The molecule has 0 radical (unpaired) electrons. The first-order chi connectivity index (χ1) is 19.8. The van der Waals surface area contributed by atoms with E-state index >= 15 is 0 Å². The van der Waals surface area contributed by atoms with Gasteiger partial charge in [0.15, 0.2) is 10.7 Å². The van der Waals surface area contributed by atoms with E-state index in [1.807, 2.05) is 60.7 Å². The fourth-order valence-electron chi connectivity index (χ4n) is 4.77. The molecule has 0 unspecified atom stereocenters. The Kier molecular flexibility index (Phi) is 8.27. The van der Waals surface area contributed by atoms with Gasteiger partial charge in [-0.2, -0.15) is 0 Å². The number of aromatic nitrogens is 1. The number of pyridine rings is 1. The van der Waals surface area contributed by atoms with Gasteiger partial charge in [-0.05, 0) is 49.0 Å². The van der Waals surface area contributed by atoms with Gasteiger partial charge in [-0.25, -0.2) is 4.79 Å². The molecule has 1 aliphatic carbocycles. The molecule has 11 heteroatoms. The van der Waals surface area contributed by atoms with Crippen molar-refractivity contribution in [3.8, 4) is 0 Å². The number of rotatable bonds is 8. The molecule has 3 aromatic rings. The van der Waals surface area contributed by atoms with Crippen LogP contribution in [0.25, 0.3) is 0 Å². The number of ketones is 2. The van der Waals surface area contributed by atoms with Crippen LogP contribution in [0.5, 0.6) is 0 Å². The summed E-state index contributed by atoms with van der Waals surface area (Å²) in [6.45, 7) is 1.64. The van der Waals surface area contributed by atoms with Crippen LogP contribution < -0.4 is 16.0 Å². The molecule has 2 atom stereocenters. The Morgan fingerprint density at radius 1 is 1.02 bits per heavy atom. The van der Waals surface area contributed by atoms with Crippen LogP contribution in [0.4, 0.5) is 5.69 Å². The molecule has 2 heterocycles. The molecule has 5 rings (SSSR count). The minimum absolute atomic E-state index is 0.0114. The summed E-state index contributed by atoms with van der Waals surface area (Å²) >= 11 is 6.55. The summed E-state index contributed by atoms with van der Waals surface area (Å²) in [5.74, 6) is -2.52. The van der Waals surface area contributed by atoms with E-state index in [1.54, 1.807) is 13.0 Å². The highest BCUT2D eigenvalue weighted by atomic mass is 32.2. The number of ether oxygens (including phenoxy) is 1. The predicted octanol–water partition coefficient (Wildman–Crippen LogP) is 3.48. The van der Waals surface area contributed by atoms with Crippen LogP contribution in [0.3, 0.4) is 0 Å². The van der Waals surface area contributed by atoms with E-state index in [9.17, 15) is 19.2 Å². The summed E-state index contributed by atoms with van der Waals surface area (Å²) in [4.78, 5) is 58.8. The number of thioether (sulfide) groups is 1. The fraction of sp³-hybridized carbons (Fsp3) is 0.200. The van der Waals surface area contributed by atoms with Crippen LogP contribution in [0.1, 0.15) is 33.3 Å². The summed E-state index contributed by atoms with van der Waals surface area (Å²) in [6.07, 6.45) is 1.63. The van der Waals surface area contributed by atoms with Gasteiger partial charge in [0, 0.05) is 24.1 Å². The second-order valence-electron chi connectivity index (χ2n) is 9.37. The van der Waals surface area contributed by atoms with E-state index in [4.69, 9.17) is 17.0 Å². The van der Waals surface area contributed by atoms with Crippen molar-refractivity contribution in [2.45, 2.75) is 24.9 Å². The first kappa shape index (κ1) is 28.2. The van der Waals surface area contributed by atoms with Gasteiger partial charge in [-0.3, -0.25) is 19.4 Å². The molecular weight excluding hydrogens is 560 g/mol. The Bertz CT molecular complexity index is 1560. The minimum atomic E-state index is -1.89. The molecule has 208 valence electrons. The van der Waals surface area contributed by atoms with E-state index in [0.29, 0.717) is 0 Å². The molecule has 1 amide bonds. The lowest BCUT2D eigenvalue weighted by molar-refractivity contribution is -0.150. The highest BCUT2D eigenvalue weighted by Crippen LogP contribution is 2.45. The minimum Gasteiger partial charge on any atom is -0.464 e. The molecule has 2 aliphatic rings. The molecule has 3 N–H and O–H groups in total. The number of hydrogen-bond donors (Lipinski definition) is 3. The summed E-state index contributed by atoms with van der Waals surface area (Å²) in [6, 6.07) is 20.7. The zero-order chi connectivity index (χ0) is 29.0. The third-order valence-corrected chi connectivity index (χ3v) is 8.16. The van der Waals surface area contributed by atoms with Gasteiger partial charge >= 0.3 is 5.97 Å². The Morgan fingerprint density at radius 2 is 1.73 bits per heavy atom. The highest BCUT2D eigenvalue weighted by Gasteiger charge is 2.57. The molecule has 41 heavy (non-hydrogen) atoms. The molecule has 0 fully saturated rings. The number of amides is 1. The van der Waals surface area contributed by atoms with Gasteiger partial charge in [0.1, 0.15) is 11.7 Å². The van der Waals surface area contributed by atoms with Gasteiger partial charge in [-0.15, -0.1) is 11.8 Å². The monoisotopic (exact) mass is 586 g/mol. The number of carbonyl (C=O) groups is 4. The number of para-hydroxylation sites is 1. The fourth-order valence-corrected chi connectivity index (χ4v) is 6.38. The maximum atomic E-state index is 14.0.